The van der Waals surface area contributed by atoms with Crippen LogP contribution < -0.4 is 5.32 Å². The van der Waals surface area contributed by atoms with Crippen molar-refractivity contribution >= 4 is 23.4 Å². The Labute approximate surface area is 119 Å². The van der Waals surface area contributed by atoms with Gasteiger partial charge in [0.1, 0.15) is 0 Å². The van der Waals surface area contributed by atoms with Crippen LogP contribution in [0.5, 0.6) is 0 Å². The smallest absolute Gasteiger partial charge is 0.253 e. The van der Waals surface area contributed by atoms with E-state index in [2.05, 4.69) is 12.2 Å². The van der Waals surface area contributed by atoms with Crippen LogP contribution in [0.3, 0.4) is 0 Å². The van der Waals surface area contributed by atoms with Gasteiger partial charge in [0, 0.05) is 37.1 Å². The zero-order chi connectivity index (χ0) is 13.8. The van der Waals surface area contributed by atoms with Gasteiger partial charge in [-0.05, 0) is 43.2 Å². The van der Waals surface area contributed by atoms with E-state index in [1.165, 1.54) is 24.2 Å². The summed E-state index contributed by atoms with van der Waals surface area (Å²) in [6.45, 7) is 2.09. The van der Waals surface area contributed by atoms with Crippen molar-refractivity contribution in [2.24, 2.45) is 0 Å². The molecule has 0 aromatic heterocycles. The molecule has 1 atom stereocenters. The number of aryl methyl sites for hydroxylation is 1. The maximum absolute atomic E-state index is 12.0. The third kappa shape index (κ3) is 3.66. The molecule has 1 amide bonds. The van der Waals surface area contributed by atoms with Crippen molar-refractivity contribution in [3.05, 3.63) is 29.3 Å². The zero-order valence-electron chi connectivity index (χ0n) is 11.9. The lowest BCUT2D eigenvalue weighted by molar-refractivity contribution is 0.0827. The highest BCUT2D eigenvalue weighted by Gasteiger charge is 2.15. The molecular formula is C15H22N2OS. The highest BCUT2D eigenvalue weighted by Crippen LogP contribution is 2.24. The van der Waals surface area contributed by atoms with Crippen molar-refractivity contribution in [3.8, 4) is 0 Å². The fraction of sp³-hybridized carbons (Fsp3) is 0.533. The highest BCUT2D eigenvalue weighted by atomic mass is 32.2. The molecule has 1 heterocycles. The number of nitrogens with zero attached hydrogens (tertiary/aromatic N) is 1. The first-order chi connectivity index (χ1) is 9.08. The SMILES string of the molecule is Cc1ccc(C(=O)N(C)C)cc1NC1CCCSC1. The maximum Gasteiger partial charge on any atom is 0.253 e. The van der Waals surface area contributed by atoms with Crippen LogP contribution in [0.2, 0.25) is 0 Å². The average molecular weight is 278 g/mol. The molecular weight excluding hydrogens is 256 g/mol. The molecule has 0 bridgehead atoms. The van der Waals surface area contributed by atoms with E-state index in [0.717, 1.165) is 17.0 Å². The van der Waals surface area contributed by atoms with Gasteiger partial charge in [-0.1, -0.05) is 6.07 Å². The van der Waals surface area contributed by atoms with E-state index < -0.39 is 0 Å². The molecule has 1 fully saturated rings. The van der Waals surface area contributed by atoms with Crippen LogP contribution in [0, 0.1) is 6.92 Å². The van der Waals surface area contributed by atoms with Gasteiger partial charge >= 0.3 is 0 Å². The number of amides is 1. The molecule has 1 aromatic carbocycles. The van der Waals surface area contributed by atoms with E-state index in [0.29, 0.717) is 6.04 Å². The summed E-state index contributed by atoms with van der Waals surface area (Å²) in [7, 11) is 3.57. The van der Waals surface area contributed by atoms with E-state index in [1.54, 1.807) is 19.0 Å². The Morgan fingerprint density at radius 1 is 1.42 bits per heavy atom. The topological polar surface area (TPSA) is 32.3 Å². The predicted molar refractivity (Wildman–Crippen MR) is 83.2 cm³/mol. The van der Waals surface area contributed by atoms with Crippen molar-refractivity contribution < 1.29 is 4.79 Å². The number of benzene rings is 1. The quantitative estimate of drug-likeness (QED) is 0.922. The Kier molecular flexibility index (Phi) is 4.75. The van der Waals surface area contributed by atoms with Gasteiger partial charge in [0.2, 0.25) is 0 Å². The van der Waals surface area contributed by atoms with Gasteiger partial charge in [0.05, 0.1) is 0 Å². The minimum atomic E-state index is 0.0565. The molecule has 0 aliphatic carbocycles. The Balaban J connectivity index is 2.14. The molecule has 104 valence electrons. The fourth-order valence-electron chi connectivity index (χ4n) is 2.24. The van der Waals surface area contributed by atoms with Crippen molar-refractivity contribution in [1.82, 2.24) is 4.90 Å². The van der Waals surface area contributed by atoms with Crippen molar-refractivity contribution in [2.45, 2.75) is 25.8 Å². The van der Waals surface area contributed by atoms with Crippen molar-refractivity contribution in [3.63, 3.8) is 0 Å². The number of anilines is 1. The third-order valence-electron chi connectivity index (χ3n) is 3.41. The first kappa shape index (κ1) is 14.3. The van der Waals surface area contributed by atoms with Crippen LogP contribution in [0.1, 0.15) is 28.8 Å². The van der Waals surface area contributed by atoms with Crippen molar-refractivity contribution in [2.75, 3.05) is 30.9 Å². The Morgan fingerprint density at radius 3 is 2.84 bits per heavy atom. The van der Waals surface area contributed by atoms with Crippen LogP contribution in [0.15, 0.2) is 18.2 Å². The van der Waals surface area contributed by atoms with Gasteiger partial charge in [0.15, 0.2) is 0 Å². The molecule has 0 saturated carbocycles. The van der Waals surface area contributed by atoms with E-state index in [4.69, 9.17) is 0 Å². The van der Waals surface area contributed by atoms with Crippen molar-refractivity contribution in [1.29, 1.82) is 0 Å². The molecule has 2 rings (SSSR count). The van der Waals surface area contributed by atoms with Crippen LogP contribution in [0.25, 0.3) is 0 Å². The average Bonchev–Trinajstić information content (AvgIpc) is 2.41. The van der Waals surface area contributed by atoms with Crippen LogP contribution in [0.4, 0.5) is 5.69 Å². The first-order valence-corrected chi connectivity index (χ1v) is 7.90. The number of nitrogens with one attached hydrogen (secondary N) is 1. The molecule has 0 radical (unpaired) electrons. The van der Waals surface area contributed by atoms with Crippen LogP contribution in [-0.4, -0.2) is 42.4 Å². The molecule has 1 aromatic rings. The number of hydrogen-bond donors (Lipinski definition) is 1. The Hall–Kier alpha value is -1.16. The highest BCUT2D eigenvalue weighted by molar-refractivity contribution is 7.99. The number of thioether (sulfide) groups is 1. The molecule has 1 aliphatic heterocycles. The largest absolute Gasteiger partial charge is 0.381 e. The summed E-state index contributed by atoms with van der Waals surface area (Å²) in [6, 6.07) is 6.44. The summed E-state index contributed by atoms with van der Waals surface area (Å²) < 4.78 is 0. The maximum atomic E-state index is 12.0. The molecule has 4 heteroatoms. The summed E-state index contributed by atoms with van der Waals surface area (Å²) in [5.41, 5.74) is 3.05. The lowest BCUT2D eigenvalue weighted by Crippen LogP contribution is -2.26. The summed E-state index contributed by atoms with van der Waals surface area (Å²) in [5, 5.41) is 3.59. The summed E-state index contributed by atoms with van der Waals surface area (Å²) in [5.74, 6) is 2.49. The number of hydrogen-bond acceptors (Lipinski definition) is 3. The molecule has 1 unspecified atom stereocenters. The molecule has 19 heavy (non-hydrogen) atoms. The van der Waals surface area contributed by atoms with Gasteiger partial charge < -0.3 is 10.2 Å². The fourth-order valence-corrected chi connectivity index (χ4v) is 3.32. The first-order valence-electron chi connectivity index (χ1n) is 6.74. The van der Waals surface area contributed by atoms with Gasteiger partial charge in [-0.25, -0.2) is 0 Å². The molecule has 1 saturated heterocycles. The van der Waals surface area contributed by atoms with Crippen LogP contribution in [-0.2, 0) is 0 Å². The number of rotatable bonds is 3. The van der Waals surface area contributed by atoms with Crippen LogP contribution >= 0.6 is 11.8 Å². The zero-order valence-corrected chi connectivity index (χ0v) is 12.7. The number of carbonyl (C=O) groups is 1. The van der Waals surface area contributed by atoms with Gasteiger partial charge in [-0.2, -0.15) is 11.8 Å². The lowest BCUT2D eigenvalue weighted by atomic mass is 10.1. The molecule has 1 aliphatic rings. The molecule has 0 spiro atoms. The molecule has 1 N–H and O–H groups in total. The second-order valence-corrected chi connectivity index (χ2v) is 6.44. The Bertz CT molecular complexity index is 453. The minimum absolute atomic E-state index is 0.0565. The Morgan fingerprint density at radius 2 is 2.21 bits per heavy atom. The van der Waals surface area contributed by atoms with Gasteiger partial charge in [-0.15, -0.1) is 0 Å². The van der Waals surface area contributed by atoms with E-state index >= 15 is 0 Å². The lowest BCUT2D eigenvalue weighted by Gasteiger charge is -2.25. The molecule has 3 nitrogen and oxygen atoms in total. The van der Waals surface area contributed by atoms with E-state index in [9.17, 15) is 4.79 Å². The monoisotopic (exact) mass is 278 g/mol. The van der Waals surface area contributed by atoms with Gasteiger partial charge in [0.25, 0.3) is 5.91 Å². The second-order valence-electron chi connectivity index (χ2n) is 5.29. The summed E-state index contributed by atoms with van der Waals surface area (Å²) >= 11 is 2.01. The summed E-state index contributed by atoms with van der Waals surface area (Å²) in [4.78, 5) is 13.6. The number of carbonyl (C=O) groups excluding carboxylic acids is 1. The van der Waals surface area contributed by atoms with E-state index in [-0.39, 0.29) is 5.91 Å². The standard InChI is InChI=1S/C15H22N2OS/c1-11-6-7-12(15(18)17(2)3)9-14(11)16-13-5-4-8-19-10-13/h6-7,9,13,16H,4-5,8,10H2,1-3H3. The third-order valence-corrected chi connectivity index (χ3v) is 4.63. The second kappa shape index (κ2) is 6.33. The normalized spacial score (nSPS) is 19.0. The predicted octanol–water partition coefficient (Wildman–Crippen LogP) is 3.00. The minimum Gasteiger partial charge on any atom is -0.381 e. The van der Waals surface area contributed by atoms with E-state index in [1.807, 2.05) is 30.0 Å². The summed E-state index contributed by atoms with van der Waals surface area (Å²) in [6.07, 6.45) is 2.50. The van der Waals surface area contributed by atoms with Gasteiger partial charge in [-0.3, -0.25) is 4.79 Å².